The Labute approximate surface area is 161 Å². The number of nitrogens with zero attached hydrogens (tertiary/aromatic N) is 4. The van der Waals surface area contributed by atoms with Gasteiger partial charge in [-0.3, -0.25) is 9.10 Å². The van der Waals surface area contributed by atoms with Crippen LogP contribution in [-0.2, 0) is 14.8 Å². The fourth-order valence-corrected chi connectivity index (χ4v) is 3.21. The number of hydrogen-bond acceptors (Lipinski definition) is 7. The third-order valence-electron chi connectivity index (χ3n) is 3.68. The molecule has 1 amide bonds. The Kier molecular flexibility index (Phi) is 5.54. The lowest BCUT2D eigenvalue weighted by Crippen LogP contribution is -2.37. The van der Waals surface area contributed by atoms with Crippen LogP contribution in [0.15, 0.2) is 48.5 Å². The smallest absolute Gasteiger partial charge is 0.361 e. The summed E-state index contributed by atoms with van der Waals surface area (Å²) in [6, 6.07) is 13.4. The molecule has 0 fully saturated rings. The van der Waals surface area contributed by atoms with Crippen LogP contribution in [0.4, 0.5) is 11.4 Å². The van der Waals surface area contributed by atoms with E-state index in [-0.39, 0.29) is 12.6 Å². The van der Waals surface area contributed by atoms with Crippen molar-refractivity contribution in [3.05, 3.63) is 54.1 Å². The van der Waals surface area contributed by atoms with E-state index in [1.165, 1.54) is 0 Å². The number of carbonyl (C=O) groups is 1. The number of aryl methyl sites for hydroxylation is 1. The highest BCUT2D eigenvalue weighted by atomic mass is 32.2. The molecule has 11 heteroatoms. The van der Waals surface area contributed by atoms with Crippen LogP contribution in [-0.4, -0.2) is 47.7 Å². The summed E-state index contributed by atoms with van der Waals surface area (Å²) in [7, 11) is -3.62. The highest BCUT2D eigenvalue weighted by Gasteiger charge is 2.20. The van der Waals surface area contributed by atoms with Crippen LogP contribution in [0.2, 0.25) is 0 Å². The molecule has 0 radical (unpaired) electrons. The Morgan fingerprint density at radius 2 is 1.82 bits per heavy atom. The molecule has 0 bridgehead atoms. The molecule has 0 aliphatic carbocycles. The maximum Gasteiger partial charge on any atom is 0.361 e. The maximum atomic E-state index is 12.4. The van der Waals surface area contributed by atoms with Gasteiger partial charge in [-0.05, 0) is 48.5 Å². The summed E-state index contributed by atoms with van der Waals surface area (Å²) in [5.41, 5.74) is 1.90. The lowest BCUT2D eigenvalue weighted by Gasteiger charge is -2.22. The zero-order chi connectivity index (χ0) is 20.1. The van der Waals surface area contributed by atoms with Crippen molar-refractivity contribution in [3.8, 4) is 11.8 Å². The Hall–Kier alpha value is -3.47. The number of tetrazole rings is 1. The van der Waals surface area contributed by atoms with E-state index in [9.17, 15) is 13.2 Å². The molecule has 0 unspecified atom stereocenters. The van der Waals surface area contributed by atoms with E-state index < -0.39 is 15.9 Å². The highest BCUT2D eigenvalue weighted by molar-refractivity contribution is 7.92. The lowest BCUT2D eigenvalue weighted by molar-refractivity contribution is -0.114. The van der Waals surface area contributed by atoms with Gasteiger partial charge in [-0.1, -0.05) is 27.9 Å². The van der Waals surface area contributed by atoms with Gasteiger partial charge in [0.25, 0.3) is 0 Å². The number of anilines is 2. The SMILES string of the molecule is Cc1ccc(N(CC(=O)Nc2ccc(Oc3nn[nH]n3)cc2)S(C)(=O)=O)cc1. The first-order valence-electron chi connectivity index (χ1n) is 8.17. The van der Waals surface area contributed by atoms with Crippen LogP contribution in [0, 0.1) is 6.92 Å². The van der Waals surface area contributed by atoms with Gasteiger partial charge in [0.05, 0.1) is 11.9 Å². The Morgan fingerprint density at radius 1 is 1.14 bits per heavy atom. The van der Waals surface area contributed by atoms with Crippen LogP contribution in [0.25, 0.3) is 0 Å². The summed E-state index contributed by atoms with van der Waals surface area (Å²) >= 11 is 0. The summed E-state index contributed by atoms with van der Waals surface area (Å²) in [4.78, 5) is 12.4. The third-order valence-corrected chi connectivity index (χ3v) is 4.82. The second-order valence-electron chi connectivity index (χ2n) is 5.97. The average molecular weight is 402 g/mol. The van der Waals surface area contributed by atoms with E-state index in [1.54, 1.807) is 48.5 Å². The Balaban J connectivity index is 1.66. The number of ether oxygens (including phenoxy) is 1. The van der Waals surface area contributed by atoms with Gasteiger partial charge in [-0.2, -0.15) is 5.21 Å². The van der Waals surface area contributed by atoms with E-state index in [4.69, 9.17) is 4.74 Å². The quantitative estimate of drug-likeness (QED) is 0.615. The first kappa shape index (κ1) is 19.3. The van der Waals surface area contributed by atoms with Gasteiger partial charge in [-0.25, -0.2) is 8.42 Å². The second-order valence-corrected chi connectivity index (χ2v) is 7.88. The molecule has 0 aliphatic heterocycles. The van der Waals surface area contributed by atoms with Crippen molar-refractivity contribution in [2.75, 3.05) is 22.4 Å². The minimum Gasteiger partial charge on any atom is -0.422 e. The molecule has 0 spiro atoms. The first-order chi connectivity index (χ1) is 13.3. The van der Waals surface area contributed by atoms with Crippen molar-refractivity contribution in [1.82, 2.24) is 20.6 Å². The van der Waals surface area contributed by atoms with Gasteiger partial charge in [0, 0.05) is 5.69 Å². The number of benzene rings is 2. The monoisotopic (exact) mass is 402 g/mol. The molecule has 0 aliphatic rings. The van der Waals surface area contributed by atoms with Gasteiger partial charge in [0.2, 0.25) is 15.9 Å². The minimum absolute atomic E-state index is 0.0682. The summed E-state index contributed by atoms with van der Waals surface area (Å²) in [5, 5.41) is 15.7. The zero-order valence-corrected chi connectivity index (χ0v) is 16.0. The number of rotatable bonds is 7. The molecule has 0 atom stereocenters. The summed E-state index contributed by atoms with van der Waals surface area (Å²) in [5.74, 6) is -0.0188. The summed E-state index contributed by atoms with van der Waals surface area (Å²) < 4.78 is 30.6. The van der Waals surface area contributed by atoms with Crippen molar-refractivity contribution in [2.45, 2.75) is 6.92 Å². The fraction of sp³-hybridized carbons (Fsp3) is 0.176. The molecule has 0 saturated heterocycles. The van der Waals surface area contributed by atoms with Crippen LogP contribution in [0.1, 0.15) is 5.56 Å². The Bertz CT molecular complexity index is 1030. The van der Waals surface area contributed by atoms with Gasteiger partial charge < -0.3 is 10.1 Å². The van der Waals surface area contributed by atoms with Gasteiger partial charge in [0.1, 0.15) is 12.3 Å². The van der Waals surface area contributed by atoms with E-state index in [1.807, 2.05) is 6.92 Å². The molecule has 1 aromatic heterocycles. The fourth-order valence-electron chi connectivity index (χ4n) is 2.35. The van der Waals surface area contributed by atoms with E-state index in [0.717, 1.165) is 16.1 Å². The number of nitrogens with one attached hydrogen (secondary N) is 2. The van der Waals surface area contributed by atoms with Crippen molar-refractivity contribution < 1.29 is 17.9 Å². The summed E-state index contributed by atoms with van der Waals surface area (Å²) in [6.07, 6.45) is 1.06. The zero-order valence-electron chi connectivity index (χ0n) is 15.2. The molecule has 1 heterocycles. The molecular weight excluding hydrogens is 384 g/mol. The first-order valence-corrected chi connectivity index (χ1v) is 10.0. The second kappa shape index (κ2) is 8.05. The van der Waals surface area contributed by atoms with E-state index >= 15 is 0 Å². The lowest BCUT2D eigenvalue weighted by atomic mass is 10.2. The number of amides is 1. The number of aromatic nitrogens is 4. The van der Waals surface area contributed by atoms with E-state index in [2.05, 4.69) is 25.9 Å². The molecule has 146 valence electrons. The third kappa shape index (κ3) is 5.04. The number of hydrogen-bond donors (Lipinski definition) is 2. The van der Waals surface area contributed by atoms with Crippen LogP contribution < -0.4 is 14.4 Å². The van der Waals surface area contributed by atoms with E-state index in [0.29, 0.717) is 17.1 Å². The average Bonchev–Trinajstić information content (AvgIpc) is 3.14. The normalized spacial score (nSPS) is 11.1. The molecule has 3 rings (SSSR count). The standard InChI is InChI=1S/C17H18N6O4S/c1-12-3-7-14(8-4-12)23(28(2,25)26)11-16(24)18-13-5-9-15(10-6-13)27-17-19-21-22-20-17/h3-10H,11H2,1-2H3,(H,18,24)(H,19,20,21,22). The molecule has 10 nitrogen and oxygen atoms in total. The van der Waals surface area contributed by atoms with Crippen molar-refractivity contribution in [2.24, 2.45) is 0 Å². The maximum absolute atomic E-state index is 12.4. The molecule has 2 aromatic carbocycles. The van der Waals surface area contributed by atoms with Gasteiger partial charge in [-0.15, -0.1) is 0 Å². The molecular formula is C17H18N6O4S. The highest BCUT2D eigenvalue weighted by Crippen LogP contribution is 2.21. The van der Waals surface area contributed by atoms with Crippen molar-refractivity contribution >= 4 is 27.3 Å². The number of aromatic amines is 1. The van der Waals surface area contributed by atoms with Crippen LogP contribution in [0.5, 0.6) is 11.8 Å². The van der Waals surface area contributed by atoms with Crippen molar-refractivity contribution in [1.29, 1.82) is 0 Å². The minimum atomic E-state index is -3.62. The number of H-pyrrole nitrogens is 1. The Morgan fingerprint density at radius 3 is 2.39 bits per heavy atom. The molecule has 2 N–H and O–H groups in total. The van der Waals surface area contributed by atoms with Gasteiger partial charge in [0.15, 0.2) is 0 Å². The topological polar surface area (TPSA) is 130 Å². The molecule has 3 aromatic rings. The number of carbonyl (C=O) groups excluding carboxylic acids is 1. The van der Waals surface area contributed by atoms with Crippen molar-refractivity contribution in [3.63, 3.8) is 0 Å². The van der Waals surface area contributed by atoms with Crippen LogP contribution in [0.3, 0.4) is 0 Å². The number of sulfonamides is 1. The van der Waals surface area contributed by atoms with Crippen LogP contribution >= 0.6 is 0 Å². The molecule has 0 saturated carbocycles. The predicted molar refractivity (Wildman–Crippen MR) is 103 cm³/mol. The molecule has 28 heavy (non-hydrogen) atoms. The largest absolute Gasteiger partial charge is 0.422 e. The van der Waals surface area contributed by atoms with Gasteiger partial charge >= 0.3 is 6.01 Å². The summed E-state index contributed by atoms with van der Waals surface area (Å²) in [6.45, 7) is 1.55. The predicted octanol–water partition coefficient (Wildman–Crippen LogP) is 1.71.